The van der Waals surface area contributed by atoms with Gasteiger partial charge >= 0.3 is 0 Å². The topological polar surface area (TPSA) is 38.8 Å². The summed E-state index contributed by atoms with van der Waals surface area (Å²) in [5, 5.41) is 0. The van der Waals surface area contributed by atoms with Crippen LogP contribution in [-0.2, 0) is 26.5 Å². The second-order valence-corrected chi connectivity index (χ2v) is 7.49. The van der Waals surface area contributed by atoms with E-state index in [1.165, 1.54) is 24.8 Å². The van der Waals surface area contributed by atoms with E-state index in [1.54, 1.807) is 0 Å². The highest BCUT2D eigenvalue weighted by Crippen LogP contribution is 2.45. The Morgan fingerprint density at radius 2 is 1.73 bits per heavy atom. The van der Waals surface area contributed by atoms with E-state index in [4.69, 9.17) is 9.47 Å². The van der Waals surface area contributed by atoms with Crippen molar-refractivity contribution in [2.24, 2.45) is 0 Å². The number of ether oxygens (including phenoxy) is 2. The van der Waals surface area contributed by atoms with Crippen molar-refractivity contribution < 1.29 is 14.3 Å². The summed E-state index contributed by atoms with van der Waals surface area (Å²) in [5.74, 6) is -1.23. The van der Waals surface area contributed by atoms with Gasteiger partial charge in [0.05, 0.1) is 18.9 Å². The van der Waals surface area contributed by atoms with E-state index in [-0.39, 0.29) is 5.91 Å². The van der Waals surface area contributed by atoms with Gasteiger partial charge in [-0.1, -0.05) is 52.0 Å². The molecule has 4 heteroatoms. The number of carbonyl (C=O) groups excluding carboxylic acids is 1. The summed E-state index contributed by atoms with van der Waals surface area (Å²) in [6, 6.07) is 6.40. The molecule has 1 amide bonds. The Morgan fingerprint density at radius 1 is 1.00 bits per heavy atom. The first-order chi connectivity index (χ1) is 12.7. The molecule has 0 N–H and O–H groups in total. The number of aryl methyl sites for hydroxylation is 1. The minimum Gasteiger partial charge on any atom is -0.338 e. The highest BCUT2D eigenvalue weighted by molar-refractivity contribution is 6.06. The lowest BCUT2D eigenvalue weighted by molar-refractivity contribution is -0.256. The van der Waals surface area contributed by atoms with Crippen molar-refractivity contribution in [2.75, 3.05) is 24.7 Å². The first kappa shape index (κ1) is 19.4. The third kappa shape index (κ3) is 3.81. The molecular weight excluding hydrogens is 326 g/mol. The number of amides is 1. The van der Waals surface area contributed by atoms with Crippen molar-refractivity contribution in [1.29, 1.82) is 0 Å². The number of fused-ring (bicyclic) bond motifs is 2. The molecule has 2 heterocycles. The van der Waals surface area contributed by atoms with Crippen LogP contribution in [0.25, 0.3) is 0 Å². The molecule has 1 fully saturated rings. The molecule has 1 aromatic carbocycles. The van der Waals surface area contributed by atoms with Gasteiger partial charge < -0.3 is 14.4 Å². The fourth-order valence-electron chi connectivity index (χ4n) is 3.93. The highest BCUT2D eigenvalue weighted by atomic mass is 16.7. The van der Waals surface area contributed by atoms with Crippen molar-refractivity contribution in [3.63, 3.8) is 0 Å². The smallest absolute Gasteiger partial charge is 0.292 e. The molecule has 2 aliphatic rings. The number of unbranched alkanes of at least 4 members (excludes halogenated alkanes) is 5. The van der Waals surface area contributed by atoms with E-state index >= 15 is 0 Å². The van der Waals surface area contributed by atoms with E-state index in [0.717, 1.165) is 56.3 Å². The van der Waals surface area contributed by atoms with E-state index in [1.807, 2.05) is 4.90 Å². The number of anilines is 1. The number of carbonyl (C=O) groups is 1. The van der Waals surface area contributed by atoms with Gasteiger partial charge in [-0.2, -0.15) is 0 Å². The molecule has 144 valence electrons. The van der Waals surface area contributed by atoms with Crippen LogP contribution in [0.2, 0.25) is 0 Å². The number of rotatable bonds is 9. The van der Waals surface area contributed by atoms with E-state index in [9.17, 15) is 4.79 Å². The molecule has 1 saturated heterocycles. The lowest BCUT2D eigenvalue weighted by atomic mass is 10.00. The number of benzene rings is 1. The average molecular weight is 360 g/mol. The normalized spacial score (nSPS) is 18.5. The van der Waals surface area contributed by atoms with Gasteiger partial charge in [0.25, 0.3) is 11.7 Å². The van der Waals surface area contributed by atoms with Crippen LogP contribution < -0.4 is 4.90 Å². The van der Waals surface area contributed by atoms with E-state index in [2.05, 4.69) is 32.0 Å². The third-order valence-electron chi connectivity index (χ3n) is 5.44. The molecule has 2 aliphatic heterocycles. The van der Waals surface area contributed by atoms with Gasteiger partial charge in [-0.05, 0) is 43.4 Å². The average Bonchev–Trinajstić information content (AvgIpc) is 2.89. The maximum atomic E-state index is 13.3. The molecule has 0 saturated carbocycles. The van der Waals surface area contributed by atoms with Crippen molar-refractivity contribution in [3.8, 4) is 0 Å². The minimum atomic E-state index is -1.20. The molecule has 1 aromatic rings. The number of hydrogen-bond donors (Lipinski definition) is 0. The van der Waals surface area contributed by atoms with Gasteiger partial charge in [0.15, 0.2) is 0 Å². The summed E-state index contributed by atoms with van der Waals surface area (Å²) in [7, 11) is 0. The molecule has 0 bridgehead atoms. The molecule has 0 atom stereocenters. The van der Waals surface area contributed by atoms with Crippen molar-refractivity contribution in [1.82, 2.24) is 0 Å². The van der Waals surface area contributed by atoms with Crippen molar-refractivity contribution in [3.05, 3.63) is 29.3 Å². The molecule has 3 rings (SSSR count). The van der Waals surface area contributed by atoms with Crippen LogP contribution in [0.4, 0.5) is 5.69 Å². The number of hydrogen-bond acceptors (Lipinski definition) is 3. The van der Waals surface area contributed by atoms with Crippen LogP contribution in [0.3, 0.4) is 0 Å². The fraction of sp³-hybridized carbons (Fsp3) is 0.682. The first-order valence-corrected chi connectivity index (χ1v) is 10.5. The second kappa shape index (κ2) is 9.01. The molecule has 0 aromatic heterocycles. The zero-order chi connectivity index (χ0) is 18.4. The van der Waals surface area contributed by atoms with Crippen LogP contribution >= 0.6 is 0 Å². The number of nitrogens with zero attached hydrogens (tertiary/aromatic N) is 1. The SMILES string of the molecule is CCCCCCCN1C(=O)C2(OCCCO2)c2cc(CCCC)ccc21. The molecule has 1 spiro atoms. The molecule has 26 heavy (non-hydrogen) atoms. The van der Waals surface area contributed by atoms with Crippen LogP contribution in [0, 0.1) is 0 Å². The standard InChI is InChI=1S/C22H33NO3/c1-3-5-7-8-9-14-23-20-13-12-18(11-6-4-2)17-19(20)22(21(23)24)25-15-10-16-26-22/h12-13,17H,3-11,14-16H2,1-2H3. The lowest BCUT2D eigenvalue weighted by Gasteiger charge is -2.32. The largest absolute Gasteiger partial charge is 0.338 e. The summed E-state index contributed by atoms with van der Waals surface area (Å²) < 4.78 is 12.0. The van der Waals surface area contributed by atoms with Gasteiger partial charge in [-0.15, -0.1) is 0 Å². The highest BCUT2D eigenvalue weighted by Gasteiger charge is 2.54. The Bertz CT molecular complexity index is 607. The Balaban J connectivity index is 1.81. The maximum Gasteiger partial charge on any atom is 0.292 e. The van der Waals surface area contributed by atoms with Gasteiger partial charge in [0.2, 0.25) is 0 Å². The monoisotopic (exact) mass is 359 g/mol. The third-order valence-corrected chi connectivity index (χ3v) is 5.44. The Kier molecular flexibility index (Phi) is 6.71. The zero-order valence-electron chi connectivity index (χ0n) is 16.4. The summed E-state index contributed by atoms with van der Waals surface area (Å²) in [6.07, 6.45) is 10.1. The molecule has 0 aliphatic carbocycles. The van der Waals surface area contributed by atoms with Crippen LogP contribution in [0.1, 0.15) is 76.3 Å². The Morgan fingerprint density at radius 3 is 2.46 bits per heavy atom. The van der Waals surface area contributed by atoms with Crippen molar-refractivity contribution >= 4 is 11.6 Å². The quantitative estimate of drug-likeness (QED) is 0.587. The predicted molar refractivity (Wildman–Crippen MR) is 104 cm³/mol. The van der Waals surface area contributed by atoms with Gasteiger partial charge in [-0.25, -0.2) is 0 Å². The zero-order valence-corrected chi connectivity index (χ0v) is 16.4. The van der Waals surface area contributed by atoms with Gasteiger partial charge in [-0.3, -0.25) is 4.79 Å². The van der Waals surface area contributed by atoms with E-state index < -0.39 is 5.79 Å². The van der Waals surface area contributed by atoms with Crippen LogP contribution in [-0.4, -0.2) is 25.7 Å². The van der Waals surface area contributed by atoms with Gasteiger partial charge in [0.1, 0.15) is 0 Å². The first-order valence-electron chi connectivity index (χ1n) is 10.5. The Labute approximate surface area is 157 Å². The van der Waals surface area contributed by atoms with Crippen LogP contribution in [0.5, 0.6) is 0 Å². The fourth-order valence-corrected chi connectivity index (χ4v) is 3.93. The van der Waals surface area contributed by atoms with Gasteiger partial charge in [0, 0.05) is 12.1 Å². The van der Waals surface area contributed by atoms with Crippen molar-refractivity contribution in [2.45, 2.75) is 77.4 Å². The minimum absolute atomic E-state index is 0.0321. The summed E-state index contributed by atoms with van der Waals surface area (Å²) in [6.45, 7) is 6.33. The molecular formula is C22H33NO3. The maximum absolute atomic E-state index is 13.3. The Hall–Kier alpha value is -1.39. The lowest BCUT2D eigenvalue weighted by Crippen LogP contribution is -2.47. The summed E-state index contributed by atoms with van der Waals surface area (Å²) >= 11 is 0. The van der Waals surface area contributed by atoms with Crippen LogP contribution in [0.15, 0.2) is 18.2 Å². The summed E-state index contributed by atoms with van der Waals surface area (Å²) in [4.78, 5) is 15.2. The molecule has 0 radical (unpaired) electrons. The van der Waals surface area contributed by atoms with E-state index in [0.29, 0.717) is 13.2 Å². The molecule has 4 nitrogen and oxygen atoms in total. The predicted octanol–water partition coefficient (Wildman–Crippen LogP) is 4.94. The second-order valence-electron chi connectivity index (χ2n) is 7.49. The summed E-state index contributed by atoms with van der Waals surface area (Å²) in [5.41, 5.74) is 3.16. The molecule has 0 unspecified atom stereocenters.